The van der Waals surface area contributed by atoms with E-state index >= 15 is 0 Å². The van der Waals surface area contributed by atoms with E-state index in [1.807, 2.05) is 49.9 Å². The topological polar surface area (TPSA) is 80.1 Å². The largest absolute Gasteiger partial charge is 0.494 e. The summed E-state index contributed by atoms with van der Waals surface area (Å²) in [5, 5.41) is 0. The predicted molar refractivity (Wildman–Crippen MR) is 142 cm³/mol. The molecule has 1 saturated heterocycles. The Morgan fingerprint density at radius 3 is 2.32 bits per heavy atom. The second-order valence-corrected chi connectivity index (χ2v) is 10.8. The van der Waals surface area contributed by atoms with Crippen LogP contribution >= 0.6 is 0 Å². The molecule has 7 nitrogen and oxygen atoms in total. The second kappa shape index (κ2) is 12.5. The van der Waals surface area contributed by atoms with E-state index in [2.05, 4.69) is 4.90 Å². The lowest BCUT2D eigenvalue weighted by Crippen LogP contribution is -2.50. The number of furan rings is 1. The first-order valence-corrected chi connectivity index (χ1v) is 13.7. The van der Waals surface area contributed by atoms with E-state index in [1.54, 1.807) is 12.1 Å². The van der Waals surface area contributed by atoms with E-state index < -0.39 is 0 Å². The van der Waals surface area contributed by atoms with Gasteiger partial charge in [-0.1, -0.05) is 20.8 Å². The van der Waals surface area contributed by atoms with Crippen molar-refractivity contribution in [3.8, 4) is 5.75 Å². The molecule has 1 aliphatic carbocycles. The van der Waals surface area contributed by atoms with Gasteiger partial charge in [-0.25, -0.2) is 0 Å². The normalized spacial score (nSPS) is 18.7. The average molecular weight is 509 g/mol. The summed E-state index contributed by atoms with van der Waals surface area (Å²) in [5.74, 6) is 1.63. The van der Waals surface area contributed by atoms with Crippen molar-refractivity contribution in [2.75, 3.05) is 39.3 Å². The van der Waals surface area contributed by atoms with Gasteiger partial charge >= 0.3 is 0 Å². The molecule has 1 saturated carbocycles. The quantitative estimate of drug-likeness (QED) is 0.281. The molecule has 2 aliphatic rings. The molecular formula is C30H40N2O5. The lowest BCUT2D eigenvalue weighted by molar-refractivity contribution is -0.137. The molecule has 0 radical (unpaired) electrons. The number of carbonyl (C=O) groups is 3. The number of ether oxygens (including phenoxy) is 1. The molecule has 2 aromatic rings. The zero-order valence-electron chi connectivity index (χ0n) is 22.4. The zero-order chi connectivity index (χ0) is 26.4. The van der Waals surface area contributed by atoms with E-state index in [4.69, 9.17) is 9.15 Å². The van der Waals surface area contributed by atoms with Gasteiger partial charge in [-0.3, -0.25) is 19.3 Å². The second-order valence-electron chi connectivity index (χ2n) is 10.8. The molecule has 1 aromatic heterocycles. The van der Waals surface area contributed by atoms with Gasteiger partial charge in [0.1, 0.15) is 5.75 Å². The maximum Gasteiger partial charge on any atom is 0.225 e. The smallest absolute Gasteiger partial charge is 0.225 e. The van der Waals surface area contributed by atoms with Crippen LogP contribution in [0.1, 0.15) is 67.4 Å². The van der Waals surface area contributed by atoms with Crippen molar-refractivity contribution in [2.24, 2.45) is 23.7 Å². The lowest BCUT2D eigenvalue weighted by Gasteiger charge is -2.36. The Morgan fingerprint density at radius 1 is 1.00 bits per heavy atom. The molecule has 1 amide bonds. The molecule has 7 heteroatoms. The number of carbonyl (C=O) groups excluding carboxylic acids is 3. The van der Waals surface area contributed by atoms with Gasteiger partial charge in [0, 0.05) is 56.0 Å². The van der Waals surface area contributed by atoms with E-state index in [9.17, 15) is 14.4 Å². The molecule has 3 atom stereocenters. The summed E-state index contributed by atoms with van der Waals surface area (Å²) < 4.78 is 11.1. The van der Waals surface area contributed by atoms with Crippen LogP contribution in [-0.2, 0) is 4.79 Å². The Bertz CT molecular complexity index is 1040. The van der Waals surface area contributed by atoms with Gasteiger partial charge in [0.25, 0.3) is 0 Å². The minimum atomic E-state index is -0.191. The third kappa shape index (κ3) is 7.31. The van der Waals surface area contributed by atoms with Gasteiger partial charge in [0.15, 0.2) is 11.5 Å². The van der Waals surface area contributed by atoms with Crippen LogP contribution < -0.4 is 4.74 Å². The van der Waals surface area contributed by atoms with Crippen molar-refractivity contribution in [1.29, 1.82) is 0 Å². The van der Waals surface area contributed by atoms with Crippen LogP contribution in [0.2, 0.25) is 0 Å². The summed E-state index contributed by atoms with van der Waals surface area (Å²) in [6.45, 7) is 10.7. The van der Waals surface area contributed by atoms with Crippen LogP contribution in [0.15, 0.2) is 47.1 Å². The molecule has 2 fully saturated rings. The van der Waals surface area contributed by atoms with Gasteiger partial charge in [-0.05, 0) is 68.0 Å². The number of amides is 1. The van der Waals surface area contributed by atoms with Gasteiger partial charge in [0.05, 0.1) is 12.9 Å². The summed E-state index contributed by atoms with van der Waals surface area (Å²) in [6, 6.07) is 10.9. The standard InChI is InChI=1S/C30H40N2O5/c1-21(23(3)28(33)27-6-4-18-37-27)20-22(2)30(35)32-16-14-31(15-17-32)13-5-19-36-26-11-9-25(10-12-26)29(34)24-7-8-24/h4,6,9-12,18,21-24H,5,7-8,13-17,19-20H2,1-3H3/t21?,22-,23?/m0/s1. The number of ketones is 2. The highest BCUT2D eigenvalue weighted by molar-refractivity contribution is 5.99. The molecule has 1 aromatic carbocycles. The van der Waals surface area contributed by atoms with E-state index in [0.717, 1.165) is 63.3 Å². The van der Waals surface area contributed by atoms with Crippen molar-refractivity contribution in [2.45, 2.75) is 46.5 Å². The predicted octanol–water partition coefficient (Wildman–Crippen LogP) is 4.97. The van der Waals surface area contributed by atoms with E-state index in [0.29, 0.717) is 18.8 Å². The first-order chi connectivity index (χ1) is 17.8. The fourth-order valence-electron chi connectivity index (χ4n) is 5.04. The molecule has 2 heterocycles. The lowest BCUT2D eigenvalue weighted by atomic mass is 9.84. The molecule has 200 valence electrons. The minimum absolute atomic E-state index is 0.00423. The minimum Gasteiger partial charge on any atom is -0.494 e. The van der Waals surface area contributed by atoms with Crippen LogP contribution in [0.25, 0.3) is 0 Å². The van der Waals surface area contributed by atoms with Gasteiger partial charge in [-0.2, -0.15) is 0 Å². The van der Waals surface area contributed by atoms with Crippen LogP contribution in [0.3, 0.4) is 0 Å². The summed E-state index contributed by atoms with van der Waals surface area (Å²) in [4.78, 5) is 42.1. The van der Waals surface area contributed by atoms with Crippen LogP contribution in [0.5, 0.6) is 5.75 Å². The van der Waals surface area contributed by atoms with E-state index in [-0.39, 0.29) is 41.1 Å². The summed E-state index contributed by atoms with van der Waals surface area (Å²) in [7, 11) is 0. The van der Waals surface area contributed by atoms with Crippen molar-refractivity contribution in [3.63, 3.8) is 0 Å². The maximum absolute atomic E-state index is 13.0. The average Bonchev–Trinajstić information content (AvgIpc) is 3.63. The fraction of sp³-hybridized carbons (Fsp3) is 0.567. The number of Topliss-reactive ketones (excluding diaryl/α,β-unsaturated/α-hetero) is 2. The summed E-state index contributed by atoms with van der Waals surface area (Å²) in [6.07, 6.45) is 5.15. The highest BCUT2D eigenvalue weighted by atomic mass is 16.5. The fourth-order valence-corrected chi connectivity index (χ4v) is 5.04. The summed E-state index contributed by atoms with van der Waals surface area (Å²) in [5.41, 5.74) is 0.780. The Hall–Kier alpha value is -2.93. The van der Waals surface area contributed by atoms with Crippen LogP contribution in [0, 0.1) is 23.7 Å². The number of rotatable bonds is 13. The van der Waals surface area contributed by atoms with Crippen molar-refractivity contribution in [1.82, 2.24) is 9.80 Å². The van der Waals surface area contributed by atoms with Crippen molar-refractivity contribution in [3.05, 3.63) is 54.0 Å². The monoisotopic (exact) mass is 508 g/mol. The first-order valence-electron chi connectivity index (χ1n) is 13.7. The Kier molecular flexibility index (Phi) is 9.19. The Labute approximate surface area is 220 Å². The molecule has 0 bridgehead atoms. The number of benzene rings is 1. The number of piperazine rings is 1. The molecule has 37 heavy (non-hydrogen) atoms. The van der Waals surface area contributed by atoms with Crippen molar-refractivity contribution >= 4 is 17.5 Å². The van der Waals surface area contributed by atoms with Crippen LogP contribution in [0.4, 0.5) is 0 Å². The molecule has 0 spiro atoms. The number of hydrogen-bond acceptors (Lipinski definition) is 6. The van der Waals surface area contributed by atoms with Crippen LogP contribution in [-0.4, -0.2) is 66.6 Å². The highest BCUT2D eigenvalue weighted by Crippen LogP contribution is 2.33. The van der Waals surface area contributed by atoms with Gasteiger partial charge < -0.3 is 14.1 Å². The number of nitrogens with zero attached hydrogens (tertiary/aromatic N) is 2. The molecule has 4 rings (SSSR count). The van der Waals surface area contributed by atoms with Gasteiger partial charge in [-0.15, -0.1) is 0 Å². The molecular weight excluding hydrogens is 468 g/mol. The van der Waals surface area contributed by atoms with Gasteiger partial charge in [0.2, 0.25) is 11.7 Å². The summed E-state index contributed by atoms with van der Waals surface area (Å²) >= 11 is 0. The molecule has 0 N–H and O–H groups in total. The third-order valence-electron chi connectivity index (χ3n) is 7.84. The number of hydrogen-bond donors (Lipinski definition) is 0. The Balaban J connectivity index is 1.12. The molecule has 1 aliphatic heterocycles. The Morgan fingerprint density at radius 2 is 1.70 bits per heavy atom. The first kappa shape index (κ1) is 27.1. The van der Waals surface area contributed by atoms with E-state index in [1.165, 1.54) is 6.26 Å². The molecule has 2 unspecified atom stereocenters. The zero-order valence-corrected chi connectivity index (χ0v) is 22.4. The third-order valence-corrected chi connectivity index (χ3v) is 7.84. The SMILES string of the molecule is CC(C[C@H](C)C(=O)N1CCN(CCCOc2ccc(C(=O)C3CC3)cc2)CC1)C(C)C(=O)c1ccco1. The van der Waals surface area contributed by atoms with Crippen molar-refractivity contribution < 1.29 is 23.5 Å². The maximum atomic E-state index is 13.0. The highest BCUT2D eigenvalue weighted by Gasteiger charge is 2.31.